The Labute approximate surface area is 120 Å². The summed E-state index contributed by atoms with van der Waals surface area (Å²) in [6.45, 7) is 1.56. The van der Waals surface area contributed by atoms with Crippen LogP contribution in [0.25, 0.3) is 0 Å². The number of carbonyl (C=O) groups excluding carboxylic acids is 1. The zero-order chi connectivity index (χ0) is 15.4. The summed E-state index contributed by atoms with van der Waals surface area (Å²) in [7, 11) is 0. The number of halogens is 1. The summed E-state index contributed by atoms with van der Waals surface area (Å²) in [4.78, 5) is 21.3. The van der Waals surface area contributed by atoms with Crippen molar-refractivity contribution in [3.05, 3.63) is 69.0 Å². The molecule has 0 saturated heterocycles. The van der Waals surface area contributed by atoms with Gasteiger partial charge in [-0.25, -0.2) is 4.39 Å². The second-order valence-corrected chi connectivity index (χ2v) is 4.43. The van der Waals surface area contributed by atoms with Gasteiger partial charge in [0.25, 0.3) is 5.69 Å². The molecule has 5 nitrogen and oxygen atoms in total. The van der Waals surface area contributed by atoms with E-state index in [0.29, 0.717) is 17.6 Å². The third-order valence-corrected chi connectivity index (χ3v) is 2.98. The number of hydrogen-bond acceptors (Lipinski definition) is 4. The summed E-state index contributed by atoms with van der Waals surface area (Å²) in [5, 5.41) is 10.9. The zero-order valence-electron chi connectivity index (χ0n) is 11.2. The standard InChI is InChI=1S/C15H12FNO4/c1-10-3-2-4-11(8-18)15(10)21-9-12-7-13(16)5-6-14(12)17(19)20/h2-8H,9H2,1H3. The van der Waals surface area contributed by atoms with Crippen LogP contribution >= 0.6 is 0 Å². The summed E-state index contributed by atoms with van der Waals surface area (Å²) < 4.78 is 18.7. The van der Waals surface area contributed by atoms with Crippen LogP contribution < -0.4 is 4.74 Å². The molecule has 0 aliphatic rings. The van der Waals surface area contributed by atoms with E-state index in [1.54, 1.807) is 25.1 Å². The molecule has 0 spiro atoms. The largest absolute Gasteiger partial charge is 0.488 e. The average Bonchev–Trinajstić information content (AvgIpc) is 2.45. The third-order valence-electron chi connectivity index (χ3n) is 2.98. The lowest BCUT2D eigenvalue weighted by Gasteiger charge is -2.11. The van der Waals surface area contributed by atoms with Gasteiger partial charge < -0.3 is 4.74 Å². The van der Waals surface area contributed by atoms with Crippen molar-refractivity contribution in [1.29, 1.82) is 0 Å². The summed E-state index contributed by atoms with van der Waals surface area (Å²) in [5.41, 5.74) is 0.949. The number of hydrogen-bond donors (Lipinski definition) is 0. The predicted octanol–water partition coefficient (Wildman–Crippen LogP) is 3.43. The monoisotopic (exact) mass is 289 g/mol. The van der Waals surface area contributed by atoms with Crippen molar-refractivity contribution in [2.75, 3.05) is 0 Å². The Balaban J connectivity index is 2.31. The van der Waals surface area contributed by atoms with Crippen molar-refractivity contribution in [1.82, 2.24) is 0 Å². The Morgan fingerprint density at radius 1 is 1.33 bits per heavy atom. The van der Waals surface area contributed by atoms with Crippen molar-refractivity contribution < 1.29 is 18.8 Å². The summed E-state index contributed by atoms with van der Waals surface area (Å²) in [5.74, 6) is -0.245. The highest BCUT2D eigenvalue weighted by Crippen LogP contribution is 2.26. The first kappa shape index (κ1) is 14.6. The van der Waals surface area contributed by atoms with Crippen LogP contribution in [-0.2, 0) is 6.61 Å². The summed E-state index contributed by atoms with van der Waals surface area (Å²) >= 11 is 0. The molecule has 6 heteroatoms. The third kappa shape index (κ3) is 3.22. The molecule has 2 aromatic carbocycles. The van der Waals surface area contributed by atoms with Gasteiger partial charge in [-0.2, -0.15) is 0 Å². The molecule has 0 radical (unpaired) electrons. The van der Waals surface area contributed by atoms with Crippen molar-refractivity contribution in [2.45, 2.75) is 13.5 Å². The molecular weight excluding hydrogens is 277 g/mol. The molecule has 2 aromatic rings. The molecule has 0 unspecified atom stereocenters. The Kier molecular flexibility index (Phi) is 4.27. The first-order valence-electron chi connectivity index (χ1n) is 6.13. The van der Waals surface area contributed by atoms with Crippen molar-refractivity contribution in [2.24, 2.45) is 0 Å². The number of benzene rings is 2. The lowest BCUT2D eigenvalue weighted by molar-refractivity contribution is -0.385. The Morgan fingerprint density at radius 3 is 2.76 bits per heavy atom. The van der Waals surface area contributed by atoms with Gasteiger partial charge in [0.15, 0.2) is 6.29 Å². The topological polar surface area (TPSA) is 69.4 Å². The summed E-state index contributed by atoms with van der Waals surface area (Å²) in [6, 6.07) is 8.20. The van der Waals surface area contributed by atoms with Crippen molar-refractivity contribution >= 4 is 12.0 Å². The molecule has 0 fully saturated rings. The minimum atomic E-state index is -0.601. The number of nitro groups is 1. The van der Waals surface area contributed by atoms with Crippen LogP contribution in [0.3, 0.4) is 0 Å². The van der Waals surface area contributed by atoms with E-state index in [4.69, 9.17) is 4.74 Å². The van der Waals surface area contributed by atoms with E-state index >= 15 is 0 Å². The van der Waals surface area contributed by atoms with Gasteiger partial charge in [0.2, 0.25) is 0 Å². The van der Waals surface area contributed by atoms with Crippen LogP contribution in [-0.4, -0.2) is 11.2 Å². The molecule has 0 N–H and O–H groups in total. The number of nitrogens with zero attached hydrogens (tertiary/aromatic N) is 1. The van der Waals surface area contributed by atoms with E-state index in [2.05, 4.69) is 0 Å². The SMILES string of the molecule is Cc1cccc(C=O)c1OCc1cc(F)ccc1[N+](=O)[O-]. The molecule has 108 valence electrons. The molecule has 0 heterocycles. The van der Waals surface area contributed by atoms with Crippen LogP contribution in [0.4, 0.5) is 10.1 Å². The number of aldehydes is 1. The Bertz CT molecular complexity index is 700. The van der Waals surface area contributed by atoms with E-state index in [9.17, 15) is 19.3 Å². The normalized spacial score (nSPS) is 10.2. The highest BCUT2D eigenvalue weighted by atomic mass is 19.1. The van der Waals surface area contributed by atoms with Crippen LogP contribution in [0.2, 0.25) is 0 Å². The number of aryl methyl sites for hydroxylation is 1. The number of carbonyl (C=O) groups is 1. The minimum absolute atomic E-state index is 0.111. The predicted molar refractivity (Wildman–Crippen MR) is 74.0 cm³/mol. The fraction of sp³-hybridized carbons (Fsp3) is 0.133. The molecule has 21 heavy (non-hydrogen) atoms. The fourth-order valence-corrected chi connectivity index (χ4v) is 1.96. The molecule has 0 aliphatic heterocycles. The number of ether oxygens (including phenoxy) is 1. The molecule has 0 aromatic heterocycles. The van der Waals surface area contributed by atoms with Crippen LogP contribution in [0.1, 0.15) is 21.5 Å². The number of para-hydroxylation sites is 1. The molecule has 2 rings (SSSR count). The van der Waals surface area contributed by atoms with Gasteiger partial charge in [0.1, 0.15) is 18.2 Å². The highest BCUT2D eigenvalue weighted by molar-refractivity contribution is 5.80. The zero-order valence-corrected chi connectivity index (χ0v) is 11.2. The smallest absolute Gasteiger partial charge is 0.276 e. The van der Waals surface area contributed by atoms with Crippen LogP contribution in [0.15, 0.2) is 36.4 Å². The van der Waals surface area contributed by atoms with Gasteiger partial charge in [-0.15, -0.1) is 0 Å². The van der Waals surface area contributed by atoms with E-state index in [0.717, 1.165) is 23.8 Å². The van der Waals surface area contributed by atoms with Gasteiger partial charge >= 0.3 is 0 Å². The van der Waals surface area contributed by atoms with E-state index in [-0.39, 0.29) is 17.9 Å². The molecule has 0 bridgehead atoms. The quantitative estimate of drug-likeness (QED) is 0.480. The maximum Gasteiger partial charge on any atom is 0.276 e. The first-order valence-corrected chi connectivity index (χ1v) is 6.13. The highest BCUT2D eigenvalue weighted by Gasteiger charge is 2.16. The lowest BCUT2D eigenvalue weighted by Crippen LogP contribution is -2.03. The second-order valence-electron chi connectivity index (χ2n) is 4.43. The van der Waals surface area contributed by atoms with Crippen LogP contribution in [0, 0.1) is 22.9 Å². The van der Waals surface area contributed by atoms with Crippen LogP contribution in [0.5, 0.6) is 5.75 Å². The molecule has 0 atom stereocenters. The molecular formula is C15H12FNO4. The van der Waals surface area contributed by atoms with E-state index < -0.39 is 10.7 Å². The van der Waals surface area contributed by atoms with Gasteiger partial charge in [-0.1, -0.05) is 12.1 Å². The molecule has 0 amide bonds. The maximum absolute atomic E-state index is 13.2. The maximum atomic E-state index is 13.2. The van der Waals surface area contributed by atoms with Crippen molar-refractivity contribution in [3.63, 3.8) is 0 Å². The molecule has 0 aliphatic carbocycles. The van der Waals surface area contributed by atoms with Gasteiger partial charge in [-0.05, 0) is 30.7 Å². The Morgan fingerprint density at radius 2 is 2.10 bits per heavy atom. The van der Waals surface area contributed by atoms with Gasteiger partial charge in [-0.3, -0.25) is 14.9 Å². The lowest BCUT2D eigenvalue weighted by atomic mass is 10.1. The average molecular weight is 289 g/mol. The number of rotatable bonds is 5. The van der Waals surface area contributed by atoms with E-state index in [1.165, 1.54) is 0 Å². The summed E-state index contributed by atoms with van der Waals surface area (Å²) in [6.07, 6.45) is 0.641. The van der Waals surface area contributed by atoms with Gasteiger partial charge in [0, 0.05) is 6.07 Å². The second kappa shape index (κ2) is 6.13. The van der Waals surface area contributed by atoms with E-state index in [1.807, 2.05) is 0 Å². The fourth-order valence-electron chi connectivity index (χ4n) is 1.96. The van der Waals surface area contributed by atoms with Gasteiger partial charge in [0.05, 0.1) is 16.1 Å². The van der Waals surface area contributed by atoms with Crippen molar-refractivity contribution in [3.8, 4) is 5.75 Å². The Hall–Kier alpha value is -2.76. The first-order chi connectivity index (χ1) is 10.0. The molecule has 0 saturated carbocycles. The minimum Gasteiger partial charge on any atom is -0.488 e. The number of nitro benzene ring substituents is 1.